The maximum Gasteiger partial charge on any atom is 0.191 e. The monoisotopic (exact) mass is 428 g/mol. The van der Waals surface area contributed by atoms with Crippen molar-refractivity contribution < 1.29 is 23.5 Å². The third-order valence-electron chi connectivity index (χ3n) is 5.75. The van der Waals surface area contributed by atoms with Crippen LogP contribution in [0, 0.1) is 0 Å². The maximum atomic E-state index is 6.05. The van der Waals surface area contributed by atoms with Crippen LogP contribution in [0.15, 0.2) is 33.7 Å². The molecule has 1 aromatic heterocycles. The molecule has 1 saturated heterocycles. The molecular formula is C22H24N2O5S. The van der Waals surface area contributed by atoms with Crippen molar-refractivity contribution >= 4 is 28.7 Å². The van der Waals surface area contributed by atoms with E-state index in [1.54, 1.807) is 14.2 Å². The Morgan fingerprint density at radius 2 is 1.87 bits per heavy atom. The molecule has 0 spiro atoms. The van der Waals surface area contributed by atoms with Gasteiger partial charge in [-0.3, -0.25) is 0 Å². The second-order valence-corrected chi connectivity index (χ2v) is 8.18. The highest BCUT2D eigenvalue weighted by Crippen LogP contribution is 2.46. The van der Waals surface area contributed by atoms with Crippen LogP contribution in [0.1, 0.15) is 29.9 Å². The summed E-state index contributed by atoms with van der Waals surface area (Å²) in [5.74, 6) is 3.46. The van der Waals surface area contributed by atoms with Gasteiger partial charge in [0, 0.05) is 25.2 Å². The van der Waals surface area contributed by atoms with E-state index in [0.717, 1.165) is 65.6 Å². The highest BCUT2D eigenvalue weighted by atomic mass is 32.2. The van der Waals surface area contributed by atoms with E-state index < -0.39 is 0 Å². The van der Waals surface area contributed by atoms with Crippen LogP contribution >= 0.6 is 11.9 Å². The molecule has 2 aliphatic rings. The Morgan fingerprint density at radius 1 is 1.10 bits per heavy atom. The van der Waals surface area contributed by atoms with Gasteiger partial charge in [-0.05, 0) is 54.5 Å². The first-order valence-electron chi connectivity index (χ1n) is 10.1. The number of hydrogen-bond acceptors (Lipinski definition) is 8. The lowest BCUT2D eigenvalue weighted by atomic mass is 9.86. The molecule has 1 N–H and O–H groups in total. The Hall–Kier alpha value is -2.58. The van der Waals surface area contributed by atoms with Gasteiger partial charge in [-0.1, -0.05) is 11.2 Å². The molecule has 0 saturated carbocycles. The van der Waals surface area contributed by atoms with E-state index >= 15 is 0 Å². The predicted octanol–water partition coefficient (Wildman–Crippen LogP) is 4.79. The fraction of sp³-hybridized carbons (Fsp3) is 0.409. The van der Waals surface area contributed by atoms with Gasteiger partial charge in [0.1, 0.15) is 27.5 Å². The summed E-state index contributed by atoms with van der Waals surface area (Å²) >= 11 is 1.38. The second kappa shape index (κ2) is 8.28. The van der Waals surface area contributed by atoms with E-state index in [-0.39, 0.29) is 0 Å². The first kappa shape index (κ1) is 19.4. The number of rotatable bonds is 6. The lowest BCUT2D eigenvalue weighted by molar-refractivity contribution is 0.0852. The zero-order chi connectivity index (χ0) is 20.5. The minimum absolute atomic E-state index is 0.479. The quantitative estimate of drug-likeness (QED) is 0.562. The SMILES string of the molecule is COc1cccc(OC)c1SNc1noc2cc(C3CCOCC3)c3c(c12)OCC3. The van der Waals surface area contributed by atoms with Crippen molar-refractivity contribution in [1.82, 2.24) is 5.16 Å². The molecule has 3 aromatic rings. The summed E-state index contributed by atoms with van der Waals surface area (Å²) in [6, 6.07) is 7.83. The van der Waals surface area contributed by atoms with Crippen molar-refractivity contribution in [3.05, 3.63) is 35.4 Å². The molecule has 2 aromatic carbocycles. The van der Waals surface area contributed by atoms with Gasteiger partial charge in [0.15, 0.2) is 11.4 Å². The van der Waals surface area contributed by atoms with E-state index in [0.29, 0.717) is 18.3 Å². The van der Waals surface area contributed by atoms with Crippen LogP contribution in [0.3, 0.4) is 0 Å². The van der Waals surface area contributed by atoms with Gasteiger partial charge in [-0.25, -0.2) is 0 Å². The van der Waals surface area contributed by atoms with Crippen molar-refractivity contribution in [3.8, 4) is 17.2 Å². The second-order valence-electron chi connectivity index (χ2n) is 7.36. The standard InChI is InChI=1S/C22H24N2O5S/c1-25-16-4-3-5-17(26-2)21(16)30-24-22-19-18(29-23-22)12-15(13-6-9-27-10-7-13)14-8-11-28-20(14)19/h3-5,12-13H,6-11H2,1-2H3,(H,23,24). The molecular weight excluding hydrogens is 404 g/mol. The molecule has 7 nitrogen and oxygen atoms in total. The number of anilines is 1. The smallest absolute Gasteiger partial charge is 0.191 e. The van der Waals surface area contributed by atoms with Crippen LogP contribution in [0.5, 0.6) is 17.2 Å². The summed E-state index contributed by atoms with van der Waals surface area (Å²) < 4.78 is 31.6. The van der Waals surface area contributed by atoms with Gasteiger partial charge in [0.2, 0.25) is 0 Å². The summed E-state index contributed by atoms with van der Waals surface area (Å²) in [6.45, 7) is 2.29. The predicted molar refractivity (Wildman–Crippen MR) is 115 cm³/mol. The number of benzene rings is 2. The molecule has 0 unspecified atom stereocenters. The van der Waals surface area contributed by atoms with Crippen molar-refractivity contribution in [3.63, 3.8) is 0 Å². The highest BCUT2D eigenvalue weighted by molar-refractivity contribution is 8.00. The Bertz CT molecular complexity index is 1040. The molecule has 5 rings (SSSR count). The van der Waals surface area contributed by atoms with Crippen molar-refractivity contribution in [2.24, 2.45) is 0 Å². The molecule has 0 atom stereocenters. The van der Waals surface area contributed by atoms with Gasteiger partial charge in [0.05, 0.1) is 20.8 Å². The number of hydrogen-bond donors (Lipinski definition) is 1. The largest absolute Gasteiger partial charge is 0.495 e. The summed E-state index contributed by atoms with van der Waals surface area (Å²) in [7, 11) is 3.28. The zero-order valence-electron chi connectivity index (χ0n) is 17.0. The van der Waals surface area contributed by atoms with E-state index in [9.17, 15) is 0 Å². The van der Waals surface area contributed by atoms with Crippen LogP contribution in [-0.4, -0.2) is 39.2 Å². The van der Waals surface area contributed by atoms with Gasteiger partial charge >= 0.3 is 0 Å². The first-order valence-corrected chi connectivity index (χ1v) is 10.9. The fourth-order valence-electron chi connectivity index (χ4n) is 4.26. The van der Waals surface area contributed by atoms with E-state index in [1.807, 2.05) is 18.2 Å². The molecule has 0 radical (unpaired) electrons. The average Bonchev–Trinajstić information content (AvgIpc) is 3.44. The summed E-state index contributed by atoms with van der Waals surface area (Å²) in [5, 5.41) is 5.18. The van der Waals surface area contributed by atoms with Crippen LogP contribution in [0.2, 0.25) is 0 Å². The lowest BCUT2D eigenvalue weighted by Gasteiger charge is -2.24. The molecule has 30 heavy (non-hydrogen) atoms. The third kappa shape index (κ3) is 3.33. The fourth-order valence-corrected chi connectivity index (χ4v) is 5.11. The summed E-state index contributed by atoms with van der Waals surface area (Å²) in [6.07, 6.45) is 2.97. The number of methoxy groups -OCH3 is 2. The lowest BCUT2D eigenvalue weighted by Crippen LogP contribution is -2.15. The van der Waals surface area contributed by atoms with Gasteiger partial charge in [0.25, 0.3) is 0 Å². The number of fused-ring (bicyclic) bond motifs is 3. The van der Waals surface area contributed by atoms with Gasteiger partial charge < -0.3 is 28.2 Å². The van der Waals surface area contributed by atoms with Crippen LogP contribution in [0.4, 0.5) is 5.82 Å². The first-order chi connectivity index (χ1) is 14.8. The summed E-state index contributed by atoms with van der Waals surface area (Å²) in [5.41, 5.74) is 3.34. The van der Waals surface area contributed by atoms with Crippen molar-refractivity contribution in [1.29, 1.82) is 0 Å². The Morgan fingerprint density at radius 3 is 2.60 bits per heavy atom. The Balaban J connectivity index is 1.49. The van der Waals surface area contributed by atoms with Gasteiger partial charge in [-0.15, -0.1) is 0 Å². The number of aromatic nitrogens is 1. The Labute approximate surface area is 179 Å². The third-order valence-corrected chi connectivity index (χ3v) is 6.65. The topological polar surface area (TPSA) is 75.0 Å². The van der Waals surface area contributed by atoms with E-state index in [1.165, 1.54) is 23.1 Å². The average molecular weight is 429 g/mol. The molecule has 158 valence electrons. The van der Waals surface area contributed by atoms with Gasteiger partial charge in [-0.2, -0.15) is 0 Å². The van der Waals surface area contributed by atoms with E-state index in [2.05, 4.69) is 15.9 Å². The minimum atomic E-state index is 0.479. The minimum Gasteiger partial charge on any atom is -0.495 e. The Kier molecular flexibility index (Phi) is 5.35. The molecule has 0 bridgehead atoms. The highest BCUT2D eigenvalue weighted by Gasteiger charge is 2.29. The molecule has 2 aliphatic heterocycles. The van der Waals surface area contributed by atoms with Crippen molar-refractivity contribution in [2.45, 2.75) is 30.1 Å². The zero-order valence-corrected chi connectivity index (χ0v) is 17.8. The maximum absolute atomic E-state index is 6.05. The molecule has 3 heterocycles. The van der Waals surface area contributed by atoms with Crippen molar-refractivity contribution in [2.75, 3.05) is 38.8 Å². The van der Waals surface area contributed by atoms with E-state index in [4.69, 9.17) is 23.5 Å². The number of ether oxygens (including phenoxy) is 4. The van der Waals surface area contributed by atoms with Crippen LogP contribution in [-0.2, 0) is 11.2 Å². The molecule has 0 amide bonds. The summed E-state index contributed by atoms with van der Waals surface area (Å²) in [4.78, 5) is 0.843. The number of nitrogens with one attached hydrogen (secondary N) is 1. The molecule has 8 heteroatoms. The van der Waals surface area contributed by atoms with Crippen LogP contribution < -0.4 is 18.9 Å². The molecule has 1 fully saturated rings. The van der Waals surface area contributed by atoms with Crippen LogP contribution in [0.25, 0.3) is 11.0 Å². The molecule has 0 aliphatic carbocycles. The number of nitrogens with zero attached hydrogens (tertiary/aromatic N) is 1. The normalized spacial score (nSPS) is 16.3.